The van der Waals surface area contributed by atoms with E-state index in [0.717, 1.165) is 29.0 Å². The average molecular weight is 462 g/mol. The monoisotopic (exact) mass is 461 g/mol. The van der Waals surface area contributed by atoms with Gasteiger partial charge in [0.25, 0.3) is 5.89 Å². The van der Waals surface area contributed by atoms with Crippen molar-refractivity contribution in [1.82, 2.24) is 15.0 Å². The first-order chi connectivity index (χ1) is 16.4. The number of rotatable bonds is 8. The van der Waals surface area contributed by atoms with Crippen LogP contribution in [0.2, 0.25) is 0 Å². The second kappa shape index (κ2) is 9.02. The lowest BCUT2D eigenvalue weighted by molar-refractivity contribution is -0.168. The molecule has 1 aliphatic carbocycles. The summed E-state index contributed by atoms with van der Waals surface area (Å²) in [6.07, 6.45) is 4.01. The van der Waals surface area contributed by atoms with Crippen LogP contribution in [0.5, 0.6) is 0 Å². The normalized spacial score (nSPS) is 18.0. The molecule has 1 saturated heterocycles. The minimum absolute atomic E-state index is 0.100. The lowest BCUT2D eigenvalue weighted by Crippen LogP contribution is -2.48. The van der Waals surface area contributed by atoms with E-state index in [1.54, 1.807) is 0 Å². The van der Waals surface area contributed by atoms with E-state index in [4.69, 9.17) is 4.52 Å². The lowest BCUT2D eigenvalue weighted by atomic mass is 9.78. The summed E-state index contributed by atoms with van der Waals surface area (Å²) in [6, 6.07) is 16.1. The smallest absolute Gasteiger partial charge is 0.321 e. The molecule has 0 spiro atoms. The van der Waals surface area contributed by atoms with E-state index in [2.05, 4.69) is 27.2 Å². The van der Waals surface area contributed by atoms with Gasteiger partial charge in [-0.3, -0.25) is 14.5 Å². The zero-order chi connectivity index (χ0) is 23.7. The second-order valence-electron chi connectivity index (χ2n) is 9.43. The Morgan fingerprint density at radius 1 is 0.912 bits per heavy atom. The molecule has 0 amide bonds. The maximum atomic E-state index is 11.5. The van der Waals surface area contributed by atoms with Gasteiger partial charge in [0.05, 0.1) is 0 Å². The predicted molar refractivity (Wildman–Crippen MR) is 124 cm³/mol. The molecule has 8 heteroatoms. The van der Waals surface area contributed by atoms with Gasteiger partial charge in [0.2, 0.25) is 5.82 Å². The molecular formula is C26H27N3O5. The molecule has 2 N–H and O–H groups in total. The Bertz CT molecular complexity index is 1160. The molecule has 5 rings (SSSR count). The van der Waals surface area contributed by atoms with Crippen molar-refractivity contribution in [2.75, 3.05) is 13.1 Å². The summed E-state index contributed by atoms with van der Waals surface area (Å²) in [5.74, 6) is -0.642. The molecule has 1 aromatic heterocycles. The zero-order valence-corrected chi connectivity index (χ0v) is 18.8. The van der Waals surface area contributed by atoms with Gasteiger partial charge in [-0.15, -0.1) is 0 Å². The van der Waals surface area contributed by atoms with Crippen molar-refractivity contribution in [2.24, 2.45) is 11.3 Å². The van der Waals surface area contributed by atoms with Crippen LogP contribution in [0.3, 0.4) is 0 Å². The van der Waals surface area contributed by atoms with E-state index in [1.807, 2.05) is 36.4 Å². The van der Waals surface area contributed by atoms with Gasteiger partial charge in [-0.25, -0.2) is 0 Å². The zero-order valence-electron chi connectivity index (χ0n) is 18.8. The lowest BCUT2D eigenvalue weighted by Gasteiger charge is -2.36. The summed E-state index contributed by atoms with van der Waals surface area (Å²) in [7, 11) is 0. The van der Waals surface area contributed by atoms with Crippen molar-refractivity contribution < 1.29 is 24.3 Å². The summed E-state index contributed by atoms with van der Waals surface area (Å²) >= 11 is 0. The van der Waals surface area contributed by atoms with Crippen molar-refractivity contribution in [3.05, 3.63) is 59.7 Å². The summed E-state index contributed by atoms with van der Waals surface area (Å²) in [5, 5.41) is 22.9. The van der Waals surface area contributed by atoms with Crippen LogP contribution in [0.15, 0.2) is 53.1 Å². The largest absolute Gasteiger partial charge is 0.480 e. The number of nitrogens with zero attached hydrogens (tertiary/aromatic N) is 3. The third-order valence-electron chi connectivity index (χ3n) is 6.99. The summed E-state index contributed by atoms with van der Waals surface area (Å²) in [5.41, 5.74) is 2.47. The molecular weight excluding hydrogens is 434 g/mol. The number of hydrogen-bond donors (Lipinski definition) is 2. The number of benzene rings is 2. The highest BCUT2D eigenvalue weighted by molar-refractivity contribution is 5.98. The molecule has 8 nitrogen and oxygen atoms in total. The third kappa shape index (κ3) is 4.59. The van der Waals surface area contributed by atoms with Crippen LogP contribution in [-0.2, 0) is 22.6 Å². The maximum Gasteiger partial charge on any atom is 0.321 e. The number of aromatic nitrogens is 2. The van der Waals surface area contributed by atoms with Crippen molar-refractivity contribution in [2.45, 2.75) is 38.6 Å². The van der Waals surface area contributed by atoms with Gasteiger partial charge in [0.1, 0.15) is 0 Å². The Hall–Kier alpha value is -3.52. The van der Waals surface area contributed by atoms with Gasteiger partial charge in [0, 0.05) is 30.8 Å². The highest BCUT2D eigenvalue weighted by Gasteiger charge is 2.48. The Labute approximate surface area is 197 Å². The van der Waals surface area contributed by atoms with E-state index < -0.39 is 17.4 Å². The number of carboxylic acids is 2. The summed E-state index contributed by atoms with van der Waals surface area (Å²) in [4.78, 5) is 29.6. The maximum absolute atomic E-state index is 11.5. The first kappa shape index (κ1) is 22.3. The van der Waals surface area contributed by atoms with Crippen LogP contribution in [0, 0.1) is 11.3 Å². The molecule has 0 atom stereocenters. The van der Waals surface area contributed by atoms with Gasteiger partial charge in [-0.05, 0) is 61.3 Å². The quantitative estimate of drug-likeness (QED) is 0.482. The fourth-order valence-corrected chi connectivity index (χ4v) is 4.53. The minimum Gasteiger partial charge on any atom is -0.480 e. The molecule has 2 heterocycles. The third-order valence-corrected chi connectivity index (χ3v) is 6.99. The molecule has 2 aliphatic rings. The number of aliphatic carboxylic acids is 2. The Kier molecular flexibility index (Phi) is 5.91. The highest BCUT2D eigenvalue weighted by Crippen LogP contribution is 2.34. The van der Waals surface area contributed by atoms with Crippen LogP contribution in [0.1, 0.15) is 36.8 Å². The van der Waals surface area contributed by atoms with Gasteiger partial charge in [-0.2, -0.15) is 4.98 Å². The Morgan fingerprint density at radius 3 is 2.09 bits per heavy atom. The first-order valence-corrected chi connectivity index (χ1v) is 11.6. The molecule has 176 valence electrons. The fourth-order valence-electron chi connectivity index (χ4n) is 4.53. The number of likely N-dealkylation sites (tertiary alicyclic amines) is 1. The molecule has 1 aliphatic heterocycles. The molecule has 3 aromatic rings. The standard InChI is InChI=1S/C26H27N3O5/c30-24(31)26(25(32)33)11-13-29(14-12-26)16-19-5-7-20(8-6-19)22-27-23(34-28-22)21-9-3-18(4-10-21)15-17-1-2-17/h3-10,17H,1-2,11-16H2,(H,30,31)(H,32,33). The first-order valence-electron chi connectivity index (χ1n) is 11.6. The van der Waals surface area contributed by atoms with Crippen LogP contribution in [0.25, 0.3) is 22.8 Å². The van der Waals surface area contributed by atoms with E-state index in [-0.39, 0.29) is 12.8 Å². The van der Waals surface area contributed by atoms with Crippen molar-refractivity contribution in [1.29, 1.82) is 0 Å². The van der Waals surface area contributed by atoms with Crippen molar-refractivity contribution in [3.8, 4) is 22.8 Å². The Balaban J connectivity index is 1.20. The number of carboxylic acid groups (broad SMARTS) is 2. The SMILES string of the molecule is O=C(O)C1(C(=O)O)CCN(Cc2ccc(-c3noc(-c4ccc(CC5CC5)cc4)n3)cc2)CC1. The highest BCUT2D eigenvalue weighted by atomic mass is 16.5. The van der Waals surface area contributed by atoms with E-state index in [9.17, 15) is 19.8 Å². The van der Waals surface area contributed by atoms with Crippen molar-refractivity contribution >= 4 is 11.9 Å². The van der Waals surface area contributed by atoms with Crippen molar-refractivity contribution in [3.63, 3.8) is 0 Å². The van der Waals surface area contributed by atoms with E-state index in [0.29, 0.717) is 31.3 Å². The molecule has 1 saturated carbocycles. The minimum atomic E-state index is -1.67. The Morgan fingerprint density at radius 2 is 1.50 bits per heavy atom. The topological polar surface area (TPSA) is 117 Å². The molecule has 2 fully saturated rings. The molecule has 0 unspecified atom stereocenters. The van der Waals surface area contributed by atoms with Crippen LogP contribution < -0.4 is 0 Å². The number of piperidine rings is 1. The van der Waals surface area contributed by atoms with Gasteiger partial charge < -0.3 is 14.7 Å². The number of carbonyl (C=O) groups is 2. The summed E-state index contributed by atoms with van der Waals surface area (Å²) in [6.45, 7) is 1.47. The van der Waals surface area contributed by atoms with E-state index in [1.165, 1.54) is 18.4 Å². The predicted octanol–water partition coefficient (Wildman–Crippen LogP) is 4.11. The summed E-state index contributed by atoms with van der Waals surface area (Å²) < 4.78 is 5.48. The second-order valence-corrected chi connectivity index (χ2v) is 9.43. The molecule has 2 aromatic carbocycles. The van der Waals surface area contributed by atoms with E-state index >= 15 is 0 Å². The molecule has 34 heavy (non-hydrogen) atoms. The van der Waals surface area contributed by atoms with Gasteiger partial charge >= 0.3 is 11.9 Å². The van der Waals surface area contributed by atoms with Crippen LogP contribution >= 0.6 is 0 Å². The molecule has 0 radical (unpaired) electrons. The molecule has 0 bridgehead atoms. The van der Waals surface area contributed by atoms with Crippen LogP contribution in [-0.4, -0.2) is 50.3 Å². The van der Waals surface area contributed by atoms with Gasteiger partial charge in [-0.1, -0.05) is 41.6 Å². The van der Waals surface area contributed by atoms with Gasteiger partial charge in [0.15, 0.2) is 5.41 Å². The van der Waals surface area contributed by atoms with Crippen LogP contribution in [0.4, 0.5) is 0 Å². The number of hydrogen-bond acceptors (Lipinski definition) is 6. The fraction of sp³-hybridized carbons (Fsp3) is 0.385. The average Bonchev–Trinajstić information content (AvgIpc) is 3.52.